The summed E-state index contributed by atoms with van der Waals surface area (Å²) in [6.07, 6.45) is 2.88. The number of thioether (sulfide) groups is 1. The first-order valence-electron chi connectivity index (χ1n) is 8.57. The molecule has 0 amide bonds. The molecular formula is C19H22N4O2S2. The van der Waals surface area contributed by atoms with Crippen LogP contribution < -0.4 is 14.8 Å². The minimum atomic E-state index is 0.506. The van der Waals surface area contributed by atoms with Gasteiger partial charge in [-0.2, -0.15) is 0 Å². The first kappa shape index (κ1) is 19.4. The van der Waals surface area contributed by atoms with Crippen molar-refractivity contribution in [1.29, 1.82) is 0 Å². The summed E-state index contributed by atoms with van der Waals surface area (Å²) in [7, 11) is 3.24. The lowest BCUT2D eigenvalue weighted by Crippen LogP contribution is -2.00. The molecular weight excluding hydrogens is 380 g/mol. The molecule has 3 rings (SSSR count). The van der Waals surface area contributed by atoms with Gasteiger partial charge in [-0.25, -0.2) is 15.0 Å². The molecule has 2 heterocycles. The summed E-state index contributed by atoms with van der Waals surface area (Å²) in [5, 5.41) is 3.22. The van der Waals surface area contributed by atoms with Crippen molar-refractivity contribution >= 4 is 34.7 Å². The van der Waals surface area contributed by atoms with Crippen LogP contribution in [0.25, 0.3) is 10.6 Å². The number of rotatable bonds is 8. The van der Waals surface area contributed by atoms with Gasteiger partial charge in [0.2, 0.25) is 5.95 Å². The van der Waals surface area contributed by atoms with Gasteiger partial charge in [0.05, 0.1) is 36.2 Å². The lowest BCUT2D eigenvalue weighted by Gasteiger charge is -2.11. The van der Waals surface area contributed by atoms with Gasteiger partial charge in [0.15, 0.2) is 4.34 Å². The Morgan fingerprint density at radius 2 is 2.00 bits per heavy atom. The van der Waals surface area contributed by atoms with Crippen LogP contribution >= 0.6 is 23.1 Å². The van der Waals surface area contributed by atoms with Crippen LogP contribution in [0.15, 0.2) is 34.8 Å². The molecule has 8 heteroatoms. The number of ether oxygens (including phenoxy) is 2. The van der Waals surface area contributed by atoms with E-state index in [4.69, 9.17) is 9.47 Å². The molecule has 0 spiro atoms. The van der Waals surface area contributed by atoms with Crippen molar-refractivity contribution in [1.82, 2.24) is 15.0 Å². The van der Waals surface area contributed by atoms with Gasteiger partial charge in [0.25, 0.3) is 0 Å². The maximum absolute atomic E-state index is 5.43. The summed E-state index contributed by atoms with van der Waals surface area (Å²) >= 11 is 3.46. The van der Waals surface area contributed by atoms with E-state index in [2.05, 4.69) is 27.2 Å². The Morgan fingerprint density at radius 1 is 1.15 bits per heavy atom. The Labute approximate surface area is 167 Å². The Bertz CT molecular complexity index is 914. The standard InChI is InChI=1S/C19H22N4O2S2/c1-5-10-26-19-21-12(2)17(27-19)15-8-9-20-18(23-15)22-14-7-6-13(24-3)11-16(14)25-4/h6-9,11H,5,10H2,1-4H3,(H,20,22,23). The topological polar surface area (TPSA) is 69.2 Å². The average Bonchev–Trinajstić information content (AvgIpc) is 3.07. The second-order valence-corrected chi connectivity index (χ2v) is 8.04. The summed E-state index contributed by atoms with van der Waals surface area (Å²) in [6.45, 7) is 4.19. The van der Waals surface area contributed by atoms with Gasteiger partial charge in [-0.3, -0.25) is 0 Å². The molecule has 2 aromatic heterocycles. The molecule has 0 fully saturated rings. The van der Waals surface area contributed by atoms with E-state index in [1.54, 1.807) is 43.5 Å². The van der Waals surface area contributed by atoms with Crippen molar-refractivity contribution in [3.05, 3.63) is 36.2 Å². The summed E-state index contributed by atoms with van der Waals surface area (Å²) in [5.41, 5.74) is 2.62. The Morgan fingerprint density at radius 3 is 2.74 bits per heavy atom. The fourth-order valence-corrected chi connectivity index (χ4v) is 4.51. The van der Waals surface area contributed by atoms with Gasteiger partial charge in [-0.05, 0) is 31.5 Å². The molecule has 0 saturated carbocycles. The maximum atomic E-state index is 5.43. The SMILES string of the molecule is CCCSc1nc(C)c(-c2ccnc(Nc3ccc(OC)cc3OC)n2)s1. The quantitative estimate of drug-likeness (QED) is 0.521. The van der Waals surface area contributed by atoms with Crippen LogP contribution in [0, 0.1) is 6.92 Å². The number of nitrogens with zero attached hydrogens (tertiary/aromatic N) is 3. The third-order valence-electron chi connectivity index (χ3n) is 3.75. The van der Waals surface area contributed by atoms with E-state index in [1.165, 1.54) is 0 Å². The average molecular weight is 403 g/mol. The first-order valence-corrected chi connectivity index (χ1v) is 10.4. The minimum Gasteiger partial charge on any atom is -0.497 e. The van der Waals surface area contributed by atoms with Gasteiger partial charge in [0.1, 0.15) is 11.5 Å². The molecule has 27 heavy (non-hydrogen) atoms. The van der Waals surface area contributed by atoms with Crippen LogP contribution in [0.4, 0.5) is 11.6 Å². The van der Waals surface area contributed by atoms with E-state index in [0.29, 0.717) is 11.7 Å². The number of benzene rings is 1. The van der Waals surface area contributed by atoms with Crippen LogP contribution in [0.2, 0.25) is 0 Å². The van der Waals surface area contributed by atoms with Crippen molar-refractivity contribution in [2.24, 2.45) is 0 Å². The van der Waals surface area contributed by atoms with Gasteiger partial charge in [-0.15, -0.1) is 11.3 Å². The Kier molecular flexibility index (Phi) is 6.52. The zero-order chi connectivity index (χ0) is 19.2. The summed E-state index contributed by atoms with van der Waals surface area (Å²) < 4.78 is 11.7. The normalized spacial score (nSPS) is 10.7. The molecule has 142 valence electrons. The number of methoxy groups -OCH3 is 2. The van der Waals surface area contributed by atoms with Crippen LogP contribution in [0.5, 0.6) is 11.5 Å². The molecule has 0 bridgehead atoms. The fourth-order valence-electron chi connectivity index (χ4n) is 2.43. The molecule has 0 aliphatic rings. The Balaban J connectivity index is 1.85. The van der Waals surface area contributed by atoms with Crippen molar-refractivity contribution in [3.63, 3.8) is 0 Å². The molecule has 0 saturated heterocycles. The van der Waals surface area contributed by atoms with E-state index in [0.717, 1.165) is 44.2 Å². The highest BCUT2D eigenvalue weighted by Crippen LogP contribution is 2.35. The molecule has 3 aromatic rings. The molecule has 0 aliphatic carbocycles. The summed E-state index contributed by atoms with van der Waals surface area (Å²) in [5.74, 6) is 2.96. The van der Waals surface area contributed by atoms with E-state index in [-0.39, 0.29) is 0 Å². The monoisotopic (exact) mass is 402 g/mol. The molecule has 0 aliphatic heterocycles. The zero-order valence-corrected chi connectivity index (χ0v) is 17.4. The Hall–Kier alpha value is -2.32. The fraction of sp³-hybridized carbons (Fsp3) is 0.316. The zero-order valence-electron chi connectivity index (χ0n) is 15.8. The van der Waals surface area contributed by atoms with Crippen LogP contribution in [0.3, 0.4) is 0 Å². The predicted octanol–water partition coefficient (Wildman–Crippen LogP) is 5.17. The lowest BCUT2D eigenvalue weighted by atomic mass is 10.2. The largest absolute Gasteiger partial charge is 0.497 e. The van der Waals surface area contributed by atoms with Crippen LogP contribution in [-0.2, 0) is 0 Å². The predicted molar refractivity (Wildman–Crippen MR) is 112 cm³/mol. The molecule has 1 N–H and O–H groups in total. The number of nitrogens with one attached hydrogen (secondary N) is 1. The third-order valence-corrected chi connectivity index (χ3v) is 6.28. The molecule has 6 nitrogen and oxygen atoms in total. The molecule has 1 aromatic carbocycles. The van der Waals surface area contributed by atoms with E-state index < -0.39 is 0 Å². The second-order valence-electron chi connectivity index (χ2n) is 5.70. The minimum absolute atomic E-state index is 0.506. The first-order chi connectivity index (χ1) is 13.1. The maximum Gasteiger partial charge on any atom is 0.227 e. The summed E-state index contributed by atoms with van der Waals surface area (Å²) in [6, 6.07) is 7.46. The highest BCUT2D eigenvalue weighted by molar-refractivity contribution is 8.01. The third kappa shape index (κ3) is 4.70. The van der Waals surface area contributed by atoms with E-state index >= 15 is 0 Å². The lowest BCUT2D eigenvalue weighted by molar-refractivity contribution is 0.395. The molecule has 0 radical (unpaired) electrons. The van der Waals surface area contributed by atoms with Crippen molar-refractivity contribution in [3.8, 4) is 22.1 Å². The molecule has 0 atom stereocenters. The second kappa shape index (κ2) is 9.05. The van der Waals surface area contributed by atoms with Gasteiger partial charge in [-0.1, -0.05) is 18.7 Å². The number of hydrogen-bond donors (Lipinski definition) is 1. The number of anilines is 2. The van der Waals surface area contributed by atoms with E-state index in [1.807, 2.05) is 31.2 Å². The smallest absolute Gasteiger partial charge is 0.227 e. The highest BCUT2D eigenvalue weighted by Gasteiger charge is 2.13. The number of thiazole rings is 1. The number of aromatic nitrogens is 3. The van der Waals surface area contributed by atoms with Crippen molar-refractivity contribution in [2.45, 2.75) is 24.6 Å². The van der Waals surface area contributed by atoms with Gasteiger partial charge in [0, 0.05) is 18.0 Å². The van der Waals surface area contributed by atoms with Gasteiger partial charge >= 0.3 is 0 Å². The van der Waals surface area contributed by atoms with Gasteiger partial charge < -0.3 is 14.8 Å². The van der Waals surface area contributed by atoms with Crippen LogP contribution in [-0.4, -0.2) is 34.9 Å². The van der Waals surface area contributed by atoms with Crippen molar-refractivity contribution < 1.29 is 9.47 Å². The number of hydrogen-bond acceptors (Lipinski definition) is 8. The molecule has 0 unspecified atom stereocenters. The number of aryl methyl sites for hydroxylation is 1. The van der Waals surface area contributed by atoms with Crippen molar-refractivity contribution in [2.75, 3.05) is 25.3 Å². The van der Waals surface area contributed by atoms with E-state index in [9.17, 15) is 0 Å². The highest BCUT2D eigenvalue weighted by atomic mass is 32.2. The van der Waals surface area contributed by atoms with Crippen LogP contribution in [0.1, 0.15) is 19.0 Å². The summed E-state index contributed by atoms with van der Waals surface area (Å²) in [4.78, 5) is 14.7.